The van der Waals surface area contributed by atoms with Gasteiger partial charge in [0.1, 0.15) is 0 Å². The Morgan fingerprint density at radius 1 is 0.944 bits per heavy atom. The van der Waals surface area contributed by atoms with Gasteiger partial charge in [-0.1, -0.05) is 6.92 Å². The molecule has 2 aromatic carbocycles. The number of carbonyl (C=O) groups excluding carboxylic acids is 3. The maximum Gasteiger partial charge on any atom is 0.226 e. The van der Waals surface area contributed by atoms with Crippen LogP contribution in [0.1, 0.15) is 49.5 Å². The number of nitrogens with zero attached hydrogens (tertiary/aromatic N) is 3. The lowest BCUT2D eigenvalue weighted by molar-refractivity contribution is -0.131. The van der Waals surface area contributed by atoms with E-state index in [4.69, 9.17) is 0 Å². The average molecular weight is 512 g/mol. The van der Waals surface area contributed by atoms with Crippen molar-refractivity contribution in [3.8, 4) is 0 Å². The molecule has 9 heteroatoms. The number of benzene rings is 2. The molecular formula is C27H33N3O5S. The third kappa shape index (κ3) is 5.31. The van der Waals surface area contributed by atoms with Gasteiger partial charge in [0.15, 0.2) is 15.6 Å². The molecule has 1 atom stereocenters. The van der Waals surface area contributed by atoms with Gasteiger partial charge in [-0.2, -0.15) is 0 Å². The lowest BCUT2D eigenvalue weighted by Crippen LogP contribution is -2.49. The van der Waals surface area contributed by atoms with Crippen LogP contribution in [0.2, 0.25) is 0 Å². The highest BCUT2D eigenvalue weighted by Crippen LogP contribution is 2.34. The molecule has 4 rings (SSSR count). The number of fused-ring (bicyclic) bond motifs is 1. The number of sulfone groups is 1. The summed E-state index contributed by atoms with van der Waals surface area (Å²) < 4.78 is 26.0. The molecular weight excluding hydrogens is 478 g/mol. The van der Waals surface area contributed by atoms with Crippen LogP contribution in [0.5, 0.6) is 0 Å². The van der Waals surface area contributed by atoms with Crippen molar-refractivity contribution >= 4 is 38.8 Å². The van der Waals surface area contributed by atoms with E-state index in [1.54, 1.807) is 40.1 Å². The van der Waals surface area contributed by atoms with Crippen molar-refractivity contribution in [1.82, 2.24) is 4.90 Å². The highest BCUT2D eigenvalue weighted by molar-refractivity contribution is 7.91. The molecule has 0 radical (unpaired) electrons. The van der Waals surface area contributed by atoms with Crippen LogP contribution in [0.3, 0.4) is 0 Å². The van der Waals surface area contributed by atoms with Gasteiger partial charge in [0.25, 0.3) is 0 Å². The molecule has 0 unspecified atom stereocenters. The number of carbonyl (C=O) groups is 3. The van der Waals surface area contributed by atoms with E-state index in [0.29, 0.717) is 44.6 Å². The SMILES string of the molecule is CCC(=O)N1c2ccc(S(=O)(=O)CCC(=O)N3CCN(c4ccc(C(C)=O)cc4)CC3)cc2C[C@@H]1C. The monoisotopic (exact) mass is 511 g/mol. The molecule has 2 aromatic rings. The summed E-state index contributed by atoms with van der Waals surface area (Å²) in [6.07, 6.45) is 0.945. The van der Waals surface area contributed by atoms with Crippen molar-refractivity contribution in [2.24, 2.45) is 0 Å². The number of Topliss-reactive ketones (excluding diaryl/α,β-unsaturated/α-hetero) is 1. The van der Waals surface area contributed by atoms with Crippen LogP contribution in [0, 0.1) is 0 Å². The van der Waals surface area contributed by atoms with Gasteiger partial charge in [0.05, 0.1) is 10.6 Å². The second-order valence-corrected chi connectivity index (χ2v) is 11.6. The van der Waals surface area contributed by atoms with Crippen LogP contribution in [-0.4, -0.2) is 68.9 Å². The van der Waals surface area contributed by atoms with E-state index in [0.717, 1.165) is 16.9 Å². The molecule has 0 aliphatic carbocycles. The summed E-state index contributed by atoms with van der Waals surface area (Å²) >= 11 is 0. The Morgan fingerprint density at radius 3 is 2.22 bits per heavy atom. The smallest absolute Gasteiger partial charge is 0.226 e. The van der Waals surface area contributed by atoms with E-state index in [-0.39, 0.29) is 40.7 Å². The lowest BCUT2D eigenvalue weighted by atomic mass is 10.1. The predicted octanol–water partition coefficient (Wildman–Crippen LogP) is 3.09. The summed E-state index contributed by atoms with van der Waals surface area (Å²) in [4.78, 5) is 42.4. The minimum atomic E-state index is -3.63. The number of piperazine rings is 1. The highest BCUT2D eigenvalue weighted by atomic mass is 32.2. The molecule has 0 saturated carbocycles. The summed E-state index contributed by atoms with van der Waals surface area (Å²) in [5.41, 5.74) is 3.29. The van der Waals surface area contributed by atoms with E-state index in [2.05, 4.69) is 4.90 Å². The van der Waals surface area contributed by atoms with Crippen molar-refractivity contribution < 1.29 is 22.8 Å². The maximum atomic E-state index is 13.0. The molecule has 2 heterocycles. The highest BCUT2D eigenvalue weighted by Gasteiger charge is 2.31. The fourth-order valence-electron chi connectivity index (χ4n) is 4.97. The maximum absolute atomic E-state index is 13.0. The van der Waals surface area contributed by atoms with Gasteiger partial charge in [-0.25, -0.2) is 8.42 Å². The zero-order valence-corrected chi connectivity index (χ0v) is 21.9. The Kier molecular flexibility index (Phi) is 7.49. The van der Waals surface area contributed by atoms with Crippen molar-refractivity contribution in [3.63, 3.8) is 0 Å². The van der Waals surface area contributed by atoms with E-state index >= 15 is 0 Å². The molecule has 2 amide bonds. The van der Waals surface area contributed by atoms with Crippen LogP contribution < -0.4 is 9.80 Å². The number of rotatable bonds is 7. The zero-order chi connectivity index (χ0) is 26.0. The summed E-state index contributed by atoms with van der Waals surface area (Å²) in [6, 6.07) is 12.3. The van der Waals surface area contributed by atoms with E-state index in [9.17, 15) is 22.8 Å². The second kappa shape index (κ2) is 10.4. The number of ketones is 1. The van der Waals surface area contributed by atoms with Crippen LogP contribution in [0.15, 0.2) is 47.4 Å². The molecule has 1 saturated heterocycles. The zero-order valence-electron chi connectivity index (χ0n) is 21.1. The van der Waals surface area contributed by atoms with Gasteiger partial charge in [-0.3, -0.25) is 14.4 Å². The Labute approximate surface area is 212 Å². The Bertz CT molecular complexity index is 1260. The van der Waals surface area contributed by atoms with Gasteiger partial charge in [0.2, 0.25) is 11.8 Å². The fourth-order valence-corrected chi connectivity index (χ4v) is 6.25. The van der Waals surface area contributed by atoms with Crippen LogP contribution >= 0.6 is 0 Å². The number of amides is 2. The van der Waals surface area contributed by atoms with Gasteiger partial charge in [-0.05, 0) is 68.3 Å². The first-order valence-corrected chi connectivity index (χ1v) is 14.1. The Hall–Kier alpha value is -3.20. The quantitative estimate of drug-likeness (QED) is 0.530. The van der Waals surface area contributed by atoms with E-state index in [1.165, 1.54) is 6.92 Å². The van der Waals surface area contributed by atoms with Crippen molar-refractivity contribution in [2.75, 3.05) is 41.7 Å². The average Bonchev–Trinajstić information content (AvgIpc) is 3.22. The van der Waals surface area contributed by atoms with E-state index in [1.807, 2.05) is 26.0 Å². The molecule has 2 aliphatic heterocycles. The molecule has 192 valence electrons. The summed E-state index contributed by atoms with van der Waals surface area (Å²) in [7, 11) is -3.63. The number of anilines is 2. The summed E-state index contributed by atoms with van der Waals surface area (Å²) in [5.74, 6) is -0.366. The van der Waals surface area contributed by atoms with Crippen LogP contribution in [0.25, 0.3) is 0 Å². The largest absolute Gasteiger partial charge is 0.368 e. The predicted molar refractivity (Wildman–Crippen MR) is 139 cm³/mol. The van der Waals surface area contributed by atoms with Gasteiger partial charge in [0, 0.05) is 62.0 Å². The Morgan fingerprint density at radius 2 is 1.61 bits per heavy atom. The Balaban J connectivity index is 1.33. The molecule has 8 nitrogen and oxygen atoms in total. The first kappa shape index (κ1) is 25.9. The van der Waals surface area contributed by atoms with Crippen molar-refractivity contribution in [2.45, 2.75) is 51.0 Å². The fraction of sp³-hybridized carbons (Fsp3) is 0.444. The van der Waals surface area contributed by atoms with Crippen LogP contribution in [0.4, 0.5) is 11.4 Å². The van der Waals surface area contributed by atoms with Gasteiger partial charge < -0.3 is 14.7 Å². The molecule has 0 aromatic heterocycles. The first-order valence-electron chi connectivity index (χ1n) is 12.4. The molecule has 1 fully saturated rings. The summed E-state index contributed by atoms with van der Waals surface area (Å²) in [6.45, 7) is 7.64. The van der Waals surface area contributed by atoms with Crippen molar-refractivity contribution in [3.05, 3.63) is 53.6 Å². The number of hydrogen-bond acceptors (Lipinski definition) is 6. The minimum Gasteiger partial charge on any atom is -0.368 e. The molecule has 0 bridgehead atoms. The third-order valence-corrected chi connectivity index (χ3v) is 8.77. The molecule has 36 heavy (non-hydrogen) atoms. The molecule has 2 aliphatic rings. The van der Waals surface area contributed by atoms with Crippen LogP contribution in [-0.2, 0) is 25.8 Å². The van der Waals surface area contributed by atoms with Crippen molar-refractivity contribution in [1.29, 1.82) is 0 Å². The standard InChI is InChI=1S/C27H33N3O5S/c1-4-26(32)30-19(2)17-22-18-24(9-10-25(22)30)36(34,35)16-11-27(33)29-14-12-28(13-15-29)23-7-5-21(6-8-23)20(3)31/h5-10,18-19H,4,11-17H2,1-3H3/t19-/m0/s1. The third-order valence-electron chi connectivity index (χ3n) is 7.05. The minimum absolute atomic E-state index is 0.00211. The normalized spacial score (nSPS) is 17.8. The van der Waals surface area contributed by atoms with Gasteiger partial charge >= 0.3 is 0 Å². The molecule has 0 N–H and O–H groups in total. The van der Waals surface area contributed by atoms with E-state index < -0.39 is 9.84 Å². The number of hydrogen-bond donors (Lipinski definition) is 0. The second-order valence-electron chi connectivity index (χ2n) is 9.50. The first-order chi connectivity index (χ1) is 17.1. The van der Waals surface area contributed by atoms with Gasteiger partial charge in [-0.15, -0.1) is 0 Å². The lowest BCUT2D eigenvalue weighted by Gasteiger charge is -2.36. The summed E-state index contributed by atoms with van der Waals surface area (Å²) in [5, 5.41) is 0. The molecule has 0 spiro atoms. The topological polar surface area (TPSA) is 95.1 Å².